The lowest BCUT2D eigenvalue weighted by atomic mass is 10.2. The van der Waals surface area contributed by atoms with E-state index in [0.717, 1.165) is 37.7 Å². The molecule has 1 aromatic rings. The smallest absolute Gasteiger partial charge is 0.237 e. The Hall–Kier alpha value is -0.470. The molecule has 10 heteroatoms. The summed E-state index contributed by atoms with van der Waals surface area (Å²) in [6, 6.07) is 7.71. The lowest BCUT2D eigenvalue weighted by Crippen LogP contribution is -2.49. The summed E-state index contributed by atoms with van der Waals surface area (Å²) in [6.07, 6.45) is 0.102. The summed E-state index contributed by atoms with van der Waals surface area (Å²) in [5.74, 6) is -0.0101. The van der Waals surface area contributed by atoms with E-state index in [9.17, 15) is 9.90 Å². The Morgan fingerprint density at radius 2 is 1.93 bits per heavy atom. The number of benzene rings is 1. The minimum atomic E-state index is -0.402. The zero-order chi connectivity index (χ0) is 16.9. The molecule has 1 amide bonds. The van der Waals surface area contributed by atoms with Gasteiger partial charge in [0.05, 0.1) is 12.1 Å². The lowest BCUT2D eigenvalue weighted by Gasteiger charge is -2.36. The number of aliphatic hydroxyl groups excluding tert-OH is 1. The summed E-state index contributed by atoms with van der Waals surface area (Å²) < 4.78 is 0. The largest absolute Gasteiger partial charge is 0.392 e. The van der Waals surface area contributed by atoms with Crippen LogP contribution in [-0.2, 0) is 4.79 Å². The molecule has 0 saturated carbocycles. The van der Waals surface area contributed by atoms with Gasteiger partial charge in [-0.2, -0.15) is 0 Å². The molecule has 27 heavy (non-hydrogen) atoms. The monoisotopic (exact) mass is 460 g/mol. The van der Waals surface area contributed by atoms with E-state index < -0.39 is 6.10 Å². The summed E-state index contributed by atoms with van der Waals surface area (Å²) in [4.78, 5) is 16.7. The number of nitrogens with zero attached hydrogens (tertiary/aromatic N) is 2. The highest BCUT2D eigenvalue weighted by Crippen LogP contribution is 2.20. The molecule has 3 N–H and O–H groups in total. The van der Waals surface area contributed by atoms with Crippen LogP contribution in [0, 0.1) is 0 Å². The van der Waals surface area contributed by atoms with Crippen LogP contribution in [0.25, 0.3) is 0 Å². The summed E-state index contributed by atoms with van der Waals surface area (Å²) in [5.41, 5.74) is 1.17. The maximum Gasteiger partial charge on any atom is 0.237 e. The maximum atomic E-state index is 12.0. The van der Waals surface area contributed by atoms with Crippen molar-refractivity contribution in [2.45, 2.75) is 18.6 Å². The molecule has 2 aliphatic rings. The first kappa shape index (κ1) is 26.5. The molecule has 0 aliphatic carbocycles. The van der Waals surface area contributed by atoms with Gasteiger partial charge in [0.25, 0.3) is 0 Å². The molecule has 0 spiro atoms. The number of hydrogen-bond acceptors (Lipinski definition) is 5. The zero-order valence-electron chi connectivity index (χ0n) is 15.0. The predicted molar refractivity (Wildman–Crippen MR) is 117 cm³/mol. The van der Waals surface area contributed by atoms with Gasteiger partial charge in [-0.15, -0.1) is 37.2 Å². The van der Waals surface area contributed by atoms with Crippen molar-refractivity contribution < 1.29 is 9.90 Å². The van der Waals surface area contributed by atoms with Crippen LogP contribution in [0.3, 0.4) is 0 Å². The Labute approximate surface area is 184 Å². The SMILES string of the molecule is Cl.Cl.Cl.O=C(NCCN1CCN(c2cccc(Cl)c2)CC1)C1CC(O)CN1. The van der Waals surface area contributed by atoms with Crippen molar-refractivity contribution in [1.29, 1.82) is 0 Å². The van der Waals surface area contributed by atoms with Crippen LogP contribution in [0.4, 0.5) is 5.69 Å². The Balaban J connectivity index is 0.00000225. The van der Waals surface area contributed by atoms with Crippen molar-refractivity contribution in [1.82, 2.24) is 15.5 Å². The van der Waals surface area contributed by atoms with Gasteiger partial charge in [-0.05, 0) is 24.6 Å². The lowest BCUT2D eigenvalue weighted by molar-refractivity contribution is -0.123. The molecular weight excluding hydrogens is 434 g/mol. The van der Waals surface area contributed by atoms with E-state index in [-0.39, 0.29) is 49.2 Å². The summed E-state index contributed by atoms with van der Waals surface area (Å²) in [6.45, 7) is 5.87. The van der Waals surface area contributed by atoms with E-state index in [4.69, 9.17) is 11.6 Å². The van der Waals surface area contributed by atoms with E-state index in [2.05, 4.69) is 26.5 Å². The van der Waals surface area contributed by atoms with Crippen molar-refractivity contribution in [2.24, 2.45) is 0 Å². The van der Waals surface area contributed by atoms with Crippen molar-refractivity contribution in [3.05, 3.63) is 29.3 Å². The van der Waals surface area contributed by atoms with Crippen LogP contribution in [0.1, 0.15) is 6.42 Å². The Bertz CT molecular complexity index is 574. The van der Waals surface area contributed by atoms with E-state index >= 15 is 0 Å². The van der Waals surface area contributed by atoms with Crippen LogP contribution in [0.5, 0.6) is 0 Å². The second-order valence-corrected chi connectivity index (χ2v) is 6.89. The van der Waals surface area contributed by atoms with Crippen molar-refractivity contribution in [2.75, 3.05) is 50.7 Å². The van der Waals surface area contributed by atoms with Gasteiger partial charge in [0.1, 0.15) is 0 Å². The predicted octanol–water partition coefficient (Wildman–Crippen LogP) is 1.57. The van der Waals surface area contributed by atoms with Crippen molar-refractivity contribution >= 4 is 60.4 Å². The number of piperazine rings is 1. The number of carbonyl (C=O) groups excluding carboxylic acids is 1. The Morgan fingerprint density at radius 1 is 1.22 bits per heavy atom. The average molecular weight is 462 g/mol. The van der Waals surface area contributed by atoms with Gasteiger partial charge in [-0.25, -0.2) is 0 Å². The number of hydrogen-bond donors (Lipinski definition) is 3. The quantitative estimate of drug-likeness (QED) is 0.620. The fraction of sp³-hybridized carbons (Fsp3) is 0.588. The Morgan fingerprint density at radius 3 is 2.52 bits per heavy atom. The molecule has 0 radical (unpaired) electrons. The van der Waals surface area contributed by atoms with Crippen LogP contribution in [-0.4, -0.2) is 73.9 Å². The molecule has 2 unspecified atom stereocenters. The average Bonchev–Trinajstić information content (AvgIpc) is 3.02. The molecule has 6 nitrogen and oxygen atoms in total. The summed E-state index contributed by atoms with van der Waals surface area (Å²) in [5, 5.41) is 16.2. The number of aliphatic hydroxyl groups is 1. The first-order valence-corrected chi connectivity index (χ1v) is 8.91. The number of carbonyl (C=O) groups is 1. The number of rotatable bonds is 5. The van der Waals surface area contributed by atoms with Gasteiger partial charge in [0.2, 0.25) is 5.91 Å². The molecule has 2 saturated heterocycles. The van der Waals surface area contributed by atoms with Gasteiger partial charge < -0.3 is 20.6 Å². The van der Waals surface area contributed by atoms with Gasteiger partial charge >= 0.3 is 0 Å². The highest BCUT2D eigenvalue weighted by atomic mass is 35.5. The normalized spacial score (nSPS) is 22.2. The standard InChI is InChI=1S/C17H25ClN4O2.3ClH/c18-13-2-1-3-14(10-13)22-8-6-21(7-9-22)5-4-19-17(24)16-11-15(23)12-20-16;;;/h1-3,10,15-16,20,23H,4-9,11-12H2,(H,19,24);3*1H. The zero-order valence-corrected chi connectivity index (χ0v) is 18.2. The third-order valence-electron chi connectivity index (χ3n) is 4.70. The van der Waals surface area contributed by atoms with E-state index in [1.54, 1.807) is 0 Å². The van der Waals surface area contributed by atoms with Gasteiger partial charge in [0, 0.05) is 56.5 Å². The fourth-order valence-corrected chi connectivity index (χ4v) is 3.46. The topological polar surface area (TPSA) is 67.8 Å². The molecule has 156 valence electrons. The fourth-order valence-electron chi connectivity index (χ4n) is 3.28. The first-order valence-electron chi connectivity index (χ1n) is 8.54. The second-order valence-electron chi connectivity index (χ2n) is 6.45. The van der Waals surface area contributed by atoms with Crippen LogP contribution in [0.2, 0.25) is 5.02 Å². The van der Waals surface area contributed by atoms with E-state index in [0.29, 0.717) is 19.5 Å². The van der Waals surface area contributed by atoms with Crippen molar-refractivity contribution in [3.63, 3.8) is 0 Å². The molecule has 0 aromatic heterocycles. The molecule has 2 atom stereocenters. The number of anilines is 1. The maximum absolute atomic E-state index is 12.0. The molecule has 2 fully saturated rings. The third kappa shape index (κ3) is 7.81. The minimum absolute atomic E-state index is 0. The van der Waals surface area contributed by atoms with E-state index in [1.165, 1.54) is 5.69 Å². The molecule has 3 rings (SSSR count). The summed E-state index contributed by atoms with van der Waals surface area (Å²) in [7, 11) is 0. The van der Waals surface area contributed by atoms with Gasteiger partial charge in [-0.1, -0.05) is 17.7 Å². The number of halogens is 4. The van der Waals surface area contributed by atoms with Crippen LogP contribution < -0.4 is 15.5 Å². The van der Waals surface area contributed by atoms with E-state index in [1.807, 2.05) is 18.2 Å². The summed E-state index contributed by atoms with van der Waals surface area (Å²) >= 11 is 6.06. The molecule has 0 bridgehead atoms. The van der Waals surface area contributed by atoms with Gasteiger partial charge in [0.15, 0.2) is 0 Å². The molecule has 2 aliphatic heterocycles. The highest BCUT2D eigenvalue weighted by molar-refractivity contribution is 6.30. The number of amides is 1. The molecular formula is C17H28Cl4N4O2. The number of β-amino-alcohol motifs (C(OH)–C–C–N with tert-alkyl or cyclic N) is 1. The molecule has 1 aromatic carbocycles. The minimum Gasteiger partial charge on any atom is -0.392 e. The van der Waals surface area contributed by atoms with Crippen LogP contribution >= 0.6 is 48.8 Å². The Kier molecular flexibility index (Phi) is 12.7. The first-order chi connectivity index (χ1) is 11.6. The highest BCUT2D eigenvalue weighted by Gasteiger charge is 2.27. The number of nitrogens with one attached hydrogen (secondary N) is 2. The van der Waals surface area contributed by atoms with Crippen molar-refractivity contribution in [3.8, 4) is 0 Å². The second kappa shape index (κ2) is 12.9. The van der Waals surface area contributed by atoms with Gasteiger partial charge in [-0.3, -0.25) is 9.69 Å². The molecule has 2 heterocycles. The third-order valence-corrected chi connectivity index (χ3v) is 4.93. The van der Waals surface area contributed by atoms with Crippen LogP contribution in [0.15, 0.2) is 24.3 Å².